The van der Waals surface area contributed by atoms with Crippen molar-refractivity contribution in [1.82, 2.24) is 4.90 Å². The van der Waals surface area contributed by atoms with Crippen molar-refractivity contribution in [3.8, 4) is 5.75 Å². The van der Waals surface area contributed by atoms with Crippen LogP contribution in [-0.2, 0) is 9.59 Å². The Labute approximate surface area is 175 Å². The number of amides is 3. The summed E-state index contributed by atoms with van der Waals surface area (Å²) < 4.78 is 5.56. The minimum absolute atomic E-state index is 0.00934. The van der Waals surface area contributed by atoms with Crippen LogP contribution in [0.3, 0.4) is 0 Å². The number of carbonyl (C=O) groups excluding carboxylic acids is 3. The molecule has 1 aliphatic heterocycles. The predicted octanol–water partition coefficient (Wildman–Crippen LogP) is 3.29. The first-order valence-electron chi connectivity index (χ1n) is 10.3. The van der Waals surface area contributed by atoms with Crippen LogP contribution >= 0.6 is 0 Å². The van der Waals surface area contributed by atoms with Gasteiger partial charge in [-0.25, -0.2) is 0 Å². The summed E-state index contributed by atoms with van der Waals surface area (Å²) in [6.07, 6.45) is 3.94. The molecule has 0 spiro atoms. The Bertz CT molecular complexity index is 949. The molecule has 7 heteroatoms. The van der Waals surface area contributed by atoms with Crippen LogP contribution in [0.2, 0.25) is 0 Å². The fraction of sp³-hybridized carbons (Fsp3) is 0.348. The van der Waals surface area contributed by atoms with Gasteiger partial charge in [-0.05, 0) is 56.0 Å². The number of hydrogen-bond acceptors (Lipinski definition) is 4. The molecule has 1 saturated carbocycles. The highest BCUT2D eigenvalue weighted by molar-refractivity contribution is 5.97. The second-order valence-electron chi connectivity index (χ2n) is 7.71. The van der Waals surface area contributed by atoms with E-state index in [1.807, 2.05) is 4.90 Å². The zero-order valence-corrected chi connectivity index (χ0v) is 16.7. The summed E-state index contributed by atoms with van der Waals surface area (Å²) >= 11 is 0. The van der Waals surface area contributed by atoms with Crippen LogP contribution in [0.5, 0.6) is 5.75 Å². The molecule has 156 valence electrons. The van der Waals surface area contributed by atoms with Crippen LogP contribution in [-0.4, -0.2) is 42.3 Å². The number of nitrogens with zero attached hydrogens (tertiary/aromatic N) is 1. The number of ether oxygens (including phenoxy) is 1. The SMILES string of the molecule is O=C(COc1cccc(NC(=O)C2CC2)c1)Nc1cccc(C(=O)N2CCCC2)c1. The fourth-order valence-electron chi connectivity index (χ4n) is 3.43. The fourth-order valence-corrected chi connectivity index (χ4v) is 3.43. The monoisotopic (exact) mass is 407 g/mol. The Morgan fingerprint density at radius 1 is 0.933 bits per heavy atom. The van der Waals surface area contributed by atoms with E-state index in [2.05, 4.69) is 10.6 Å². The van der Waals surface area contributed by atoms with Gasteiger partial charge >= 0.3 is 0 Å². The number of hydrogen-bond donors (Lipinski definition) is 2. The molecule has 0 atom stereocenters. The molecule has 1 aliphatic carbocycles. The van der Waals surface area contributed by atoms with Gasteiger partial charge in [0.15, 0.2) is 6.61 Å². The van der Waals surface area contributed by atoms with E-state index in [1.54, 1.807) is 48.5 Å². The van der Waals surface area contributed by atoms with E-state index in [0.717, 1.165) is 38.8 Å². The second-order valence-corrected chi connectivity index (χ2v) is 7.71. The van der Waals surface area contributed by atoms with Gasteiger partial charge in [0.25, 0.3) is 11.8 Å². The number of anilines is 2. The molecule has 1 heterocycles. The number of carbonyl (C=O) groups is 3. The highest BCUT2D eigenvalue weighted by atomic mass is 16.5. The largest absolute Gasteiger partial charge is 0.484 e. The third-order valence-corrected chi connectivity index (χ3v) is 5.21. The average Bonchev–Trinajstić information content (AvgIpc) is 3.47. The van der Waals surface area contributed by atoms with Gasteiger partial charge in [-0.1, -0.05) is 12.1 Å². The van der Waals surface area contributed by atoms with E-state index in [-0.39, 0.29) is 30.2 Å². The van der Waals surface area contributed by atoms with Crippen LogP contribution in [0.25, 0.3) is 0 Å². The summed E-state index contributed by atoms with van der Waals surface area (Å²) in [6.45, 7) is 1.39. The maximum Gasteiger partial charge on any atom is 0.262 e. The summed E-state index contributed by atoms with van der Waals surface area (Å²) in [6, 6.07) is 13.9. The van der Waals surface area contributed by atoms with Crippen LogP contribution < -0.4 is 15.4 Å². The number of likely N-dealkylation sites (tertiary alicyclic amines) is 1. The Balaban J connectivity index is 1.30. The second kappa shape index (κ2) is 8.98. The molecule has 3 amide bonds. The lowest BCUT2D eigenvalue weighted by Crippen LogP contribution is -2.27. The van der Waals surface area contributed by atoms with Crippen LogP contribution in [0.15, 0.2) is 48.5 Å². The summed E-state index contributed by atoms with van der Waals surface area (Å²) in [5.74, 6) is 0.302. The lowest BCUT2D eigenvalue weighted by Gasteiger charge is -2.16. The molecule has 30 heavy (non-hydrogen) atoms. The van der Waals surface area contributed by atoms with Crippen molar-refractivity contribution >= 4 is 29.1 Å². The lowest BCUT2D eigenvalue weighted by molar-refractivity contribution is -0.118. The summed E-state index contributed by atoms with van der Waals surface area (Å²) in [7, 11) is 0. The Hall–Kier alpha value is -3.35. The predicted molar refractivity (Wildman–Crippen MR) is 113 cm³/mol. The van der Waals surface area contributed by atoms with Gasteiger partial charge in [-0.3, -0.25) is 14.4 Å². The molecule has 2 aliphatic rings. The highest BCUT2D eigenvalue weighted by Gasteiger charge is 2.29. The standard InChI is InChI=1S/C23H25N3O4/c27-21(15-30-20-8-4-7-19(14-20)25-22(28)16-9-10-16)24-18-6-3-5-17(13-18)23(29)26-11-1-2-12-26/h3-8,13-14,16H,1-2,9-12,15H2,(H,24,27)(H,25,28). The number of benzene rings is 2. The molecule has 2 fully saturated rings. The van der Waals surface area contributed by atoms with E-state index in [4.69, 9.17) is 4.74 Å². The smallest absolute Gasteiger partial charge is 0.262 e. The van der Waals surface area contributed by atoms with Gasteiger partial charge in [0.2, 0.25) is 5.91 Å². The molecule has 7 nitrogen and oxygen atoms in total. The van der Waals surface area contributed by atoms with Crippen molar-refractivity contribution in [2.24, 2.45) is 5.92 Å². The van der Waals surface area contributed by atoms with Crippen LogP contribution in [0.4, 0.5) is 11.4 Å². The minimum atomic E-state index is -0.326. The first-order chi connectivity index (χ1) is 14.6. The highest BCUT2D eigenvalue weighted by Crippen LogP contribution is 2.30. The van der Waals surface area contributed by atoms with Gasteiger partial charge in [0, 0.05) is 42.0 Å². The molecule has 0 aromatic heterocycles. The van der Waals surface area contributed by atoms with E-state index in [9.17, 15) is 14.4 Å². The summed E-state index contributed by atoms with van der Waals surface area (Å²) in [5.41, 5.74) is 1.77. The average molecular weight is 407 g/mol. The quantitative estimate of drug-likeness (QED) is 0.737. The van der Waals surface area contributed by atoms with E-state index in [0.29, 0.717) is 22.7 Å². The van der Waals surface area contributed by atoms with Gasteiger partial charge in [0.1, 0.15) is 5.75 Å². The first kappa shape index (κ1) is 19.9. The third-order valence-electron chi connectivity index (χ3n) is 5.21. The maximum atomic E-state index is 12.5. The summed E-state index contributed by atoms with van der Waals surface area (Å²) in [5, 5.41) is 5.62. The molecular formula is C23H25N3O4. The van der Waals surface area contributed by atoms with E-state index < -0.39 is 0 Å². The van der Waals surface area contributed by atoms with Crippen molar-refractivity contribution in [2.75, 3.05) is 30.3 Å². The molecule has 0 bridgehead atoms. The number of nitrogens with one attached hydrogen (secondary N) is 2. The van der Waals surface area contributed by atoms with Crippen molar-refractivity contribution in [2.45, 2.75) is 25.7 Å². The number of rotatable bonds is 7. The van der Waals surface area contributed by atoms with Gasteiger partial charge < -0.3 is 20.3 Å². The molecule has 2 aromatic rings. The topological polar surface area (TPSA) is 87.7 Å². The first-order valence-corrected chi connectivity index (χ1v) is 10.3. The van der Waals surface area contributed by atoms with Crippen LogP contribution in [0, 0.1) is 5.92 Å². The van der Waals surface area contributed by atoms with Crippen molar-refractivity contribution in [3.63, 3.8) is 0 Å². The lowest BCUT2D eigenvalue weighted by atomic mass is 10.1. The van der Waals surface area contributed by atoms with Gasteiger partial charge in [-0.2, -0.15) is 0 Å². The van der Waals surface area contributed by atoms with E-state index >= 15 is 0 Å². The molecule has 2 N–H and O–H groups in total. The molecule has 0 unspecified atom stereocenters. The van der Waals surface area contributed by atoms with Crippen molar-refractivity contribution in [1.29, 1.82) is 0 Å². The van der Waals surface area contributed by atoms with Crippen molar-refractivity contribution in [3.05, 3.63) is 54.1 Å². The molecular weight excluding hydrogens is 382 g/mol. The normalized spacial score (nSPS) is 15.5. The van der Waals surface area contributed by atoms with E-state index in [1.165, 1.54) is 0 Å². The molecule has 0 radical (unpaired) electrons. The Morgan fingerprint density at radius 3 is 2.37 bits per heavy atom. The van der Waals surface area contributed by atoms with Crippen molar-refractivity contribution < 1.29 is 19.1 Å². The van der Waals surface area contributed by atoms with Gasteiger partial charge in [-0.15, -0.1) is 0 Å². The Morgan fingerprint density at radius 2 is 1.63 bits per heavy atom. The third kappa shape index (κ3) is 5.17. The Kier molecular flexibility index (Phi) is 5.97. The molecule has 2 aromatic carbocycles. The maximum absolute atomic E-state index is 12.5. The zero-order valence-electron chi connectivity index (χ0n) is 16.7. The zero-order chi connectivity index (χ0) is 20.9. The van der Waals surface area contributed by atoms with Gasteiger partial charge in [0.05, 0.1) is 0 Å². The summed E-state index contributed by atoms with van der Waals surface area (Å²) in [4.78, 5) is 38.5. The molecule has 1 saturated heterocycles. The minimum Gasteiger partial charge on any atom is -0.484 e. The molecule has 4 rings (SSSR count). The van der Waals surface area contributed by atoms with Crippen LogP contribution in [0.1, 0.15) is 36.0 Å².